The lowest BCUT2D eigenvalue weighted by atomic mass is 9.99. The van der Waals surface area contributed by atoms with E-state index in [9.17, 15) is 9.59 Å². The summed E-state index contributed by atoms with van der Waals surface area (Å²) in [6.45, 7) is 3.77. The Labute approximate surface area is 94.8 Å². The van der Waals surface area contributed by atoms with Gasteiger partial charge in [0.1, 0.15) is 6.04 Å². The van der Waals surface area contributed by atoms with Gasteiger partial charge in [-0.25, -0.2) is 4.79 Å². The van der Waals surface area contributed by atoms with Gasteiger partial charge in [0.05, 0.1) is 6.04 Å². The van der Waals surface area contributed by atoms with Gasteiger partial charge in [-0.2, -0.15) is 12.6 Å². The zero-order chi connectivity index (χ0) is 12.0. The van der Waals surface area contributed by atoms with Crippen molar-refractivity contribution in [2.45, 2.75) is 32.4 Å². The van der Waals surface area contributed by atoms with Crippen LogP contribution in [0.4, 0.5) is 0 Å². The zero-order valence-corrected chi connectivity index (χ0v) is 9.83. The number of hydrogen-bond acceptors (Lipinski definition) is 4. The molecule has 0 saturated carbocycles. The van der Waals surface area contributed by atoms with Gasteiger partial charge >= 0.3 is 5.97 Å². The summed E-state index contributed by atoms with van der Waals surface area (Å²) in [6, 6.07) is -1.65. The van der Waals surface area contributed by atoms with E-state index in [1.807, 2.05) is 13.8 Å². The van der Waals surface area contributed by atoms with Crippen molar-refractivity contribution in [1.82, 2.24) is 5.32 Å². The largest absolute Gasteiger partial charge is 0.480 e. The smallest absolute Gasteiger partial charge is 0.327 e. The number of amides is 1. The van der Waals surface area contributed by atoms with Crippen molar-refractivity contribution in [2.75, 3.05) is 5.75 Å². The van der Waals surface area contributed by atoms with E-state index in [1.165, 1.54) is 0 Å². The van der Waals surface area contributed by atoms with E-state index in [0.29, 0.717) is 0 Å². The molecule has 6 heteroatoms. The van der Waals surface area contributed by atoms with Gasteiger partial charge in [0.25, 0.3) is 0 Å². The van der Waals surface area contributed by atoms with Gasteiger partial charge in [-0.05, 0) is 5.92 Å². The molecule has 0 aliphatic carbocycles. The number of nitrogens with one attached hydrogen (secondary N) is 1. The SMILES string of the molecule is CCC(C)C(N)C(=O)NC(CS)C(=O)O. The monoisotopic (exact) mass is 234 g/mol. The van der Waals surface area contributed by atoms with Crippen LogP contribution in [0.15, 0.2) is 0 Å². The molecule has 0 saturated heterocycles. The third-order valence-electron chi connectivity index (χ3n) is 2.36. The maximum absolute atomic E-state index is 11.5. The molecular formula is C9H18N2O3S. The predicted octanol–water partition coefficient (Wildman–Crippen LogP) is -0.141. The number of carboxylic acids is 1. The maximum Gasteiger partial charge on any atom is 0.327 e. The van der Waals surface area contributed by atoms with Crippen LogP contribution < -0.4 is 11.1 Å². The number of carbonyl (C=O) groups excluding carboxylic acids is 1. The molecule has 0 aliphatic rings. The molecule has 0 heterocycles. The van der Waals surface area contributed by atoms with Gasteiger partial charge in [-0.15, -0.1) is 0 Å². The highest BCUT2D eigenvalue weighted by atomic mass is 32.1. The summed E-state index contributed by atoms with van der Waals surface area (Å²) in [7, 11) is 0. The lowest BCUT2D eigenvalue weighted by Crippen LogP contribution is -2.51. The third kappa shape index (κ3) is 4.53. The van der Waals surface area contributed by atoms with E-state index in [1.54, 1.807) is 0 Å². The molecule has 0 aromatic heterocycles. The number of thiol groups is 1. The van der Waals surface area contributed by atoms with Crippen molar-refractivity contribution in [3.8, 4) is 0 Å². The van der Waals surface area contributed by atoms with Crippen LogP contribution in [0.25, 0.3) is 0 Å². The Hall–Kier alpha value is -0.750. The fraction of sp³-hybridized carbons (Fsp3) is 0.778. The van der Waals surface area contributed by atoms with Gasteiger partial charge in [0.15, 0.2) is 0 Å². The highest BCUT2D eigenvalue weighted by Crippen LogP contribution is 2.05. The Morgan fingerprint density at radius 1 is 1.53 bits per heavy atom. The van der Waals surface area contributed by atoms with Crippen molar-refractivity contribution >= 4 is 24.5 Å². The third-order valence-corrected chi connectivity index (χ3v) is 2.72. The Morgan fingerprint density at radius 3 is 2.40 bits per heavy atom. The number of hydrogen-bond donors (Lipinski definition) is 4. The Bertz CT molecular complexity index is 235. The summed E-state index contributed by atoms with van der Waals surface area (Å²) < 4.78 is 0. The zero-order valence-electron chi connectivity index (χ0n) is 8.93. The molecule has 0 radical (unpaired) electrons. The quantitative estimate of drug-likeness (QED) is 0.481. The molecule has 1 amide bonds. The highest BCUT2D eigenvalue weighted by molar-refractivity contribution is 7.80. The van der Waals surface area contributed by atoms with E-state index in [2.05, 4.69) is 17.9 Å². The minimum Gasteiger partial charge on any atom is -0.480 e. The van der Waals surface area contributed by atoms with E-state index in [-0.39, 0.29) is 11.7 Å². The number of nitrogens with two attached hydrogens (primary N) is 1. The molecule has 3 atom stereocenters. The van der Waals surface area contributed by atoms with E-state index in [4.69, 9.17) is 10.8 Å². The number of carbonyl (C=O) groups is 2. The molecule has 0 aromatic carbocycles. The molecule has 4 N–H and O–H groups in total. The first kappa shape index (κ1) is 14.2. The second-order valence-electron chi connectivity index (χ2n) is 3.49. The average Bonchev–Trinajstić information content (AvgIpc) is 2.22. The van der Waals surface area contributed by atoms with Gasteiger partial charge in [0, 0.05) is 5.75 Å². The molecule has 0 rings (SSSR count). The number of carboxylic acid groups (broad SMARTS) is 1. The van der Waals surface area contributed by atoms with Crippen LogP contribution in [-0.2, 0) is 9.59 Å². The Morgan fingerprint density at radius 2 is 2.07 bits per heavy atom. The Kier molecular flexibility index (Phi) is 6.35. The predicted molar refractivity (Wildman–Crippen MR) is 60.8 cm³/mol. The lowest BCUT2D eigenvalue weighted by molar-refractivity contribution is -0.141. The maximum atomic E-state index is 11.5. The van der Waals surface area contributed by atoms with E-state index >= 15 is 0 Å². The molecule has 88 valence electrons. The molecule has 15 heavy (non-hydrogen) atoms. The first-order chi connectivity index (χ1) is 6.93. The van der Waals surface area contributed by atoms with Crippen molar-refractivity contribution in [1.29, 1.82) is 0 Å². The summed E-state index contributed by atoms with van der Waals surface area (Å²) in [5.41, 5.74) is 5.64. The molecular weight excluding hydrogens is 216 g/mol. The summed E-state index contributed by atoms with van der Waals surface area (Å²) in [4.78, 5) is 22.1. The number of aliphatic carboxylic acids is 1. The van der Waals surface area contributed by atoms with E-state index < -0.39 is 24.0 Å². The van der Waals surface area contributed by atoms with Crippen LogP contribution in [0.1, 0.15) is 20.3 Å². The van der Waals surface area contributed by atoms with Gasteiger partial charge < -0.3 is 16.2 Å². The fourth-order valence-corrected chi connectivity index (χ4v) is 1.21. The molecule has 0 fully saturated rings. The topological polar surface area (TPSA) is 92.4 Å². The van der Waals surface area contributed by atoms with Crippen LogP contribution >= 0.6 is 12.6 Å². The minimum atomic E-state index is -1.10. The number of rotatable bonds is 6. The first-order valence-electron chi connectivity index (χ1n) is 4.83. The van der Waals surface area contributed by atoms with Crippen molar-refractivity contribution < 1.29 is 14.7 Å². The molecule has 0 aromatic rings. The van der Waals surface area contributed by atoms with Crippen LogP contribution in [0.2, 0.25) is 0 Å². The van der Waals surface area contributed by atoms with Crippen molar-refractivity contribution in [2.24, 2.45) is 11.7 Å². The second kappa shape index (κ2) is 6.68. The highest BCUT2D eigenvalue weighted by Gasteiger charge is 2.24. The molecule has 0 spiro atoms. The summed E-state index contributed by atoms with van der Waals surface area (Å²) >= 11 is 3.84. The molecule has 3 unspecified atom stereocenters. The first-order valence-corrected chi connectivity index (χ1v) is 5.46. The molecule has 5 nitrogen and oxygen atoms in total. The normalized spacial score (nSPS) is 16.5. The average molecular weight is 234 g/mol. The second-order valence-corrected chi connectivity index (χ2v) is 3.86. The van der Waals surface area contributed by atoms with Crippen LogP contribution in [0.3, 0.4) is 0 Å². The summed E-state index contributed by atoms with van der Waals surface area (Å²) in [6.07, 6.45) is 0.771. The fourth-order valence-electron chi connectivity index (χ4n) is 0.966. The Balaban J connectivity index is 4.28. The summed E-state index contributed by atoms with van der Waals surface area (Å²) in [5, 5.41) is 11.0. The van der Waals surface area contributed by atoms with Crippen molar-refractivity contribution in [3.63, 3.8) is 0 Å². The van der Waals surface area contributed by atoms with Crippen LogP contribution in [0.5, 0.6) is 0 Å². The summed E-state index contributed by atoms with van der Waals surface area (Å²) in [5.74, 6) is -1.46. The minimum absolute atomic E-state index is 0.0272. The van der Waals surface area contributed by atoms with Crippen LogP contribution in [0, 0.1) is 5.92 Å². The standard InChI is InChI=1S/C9H18N2O3S/c1-3-5(2)7(10)8(12)11-6(4-15)9(13)14/h5-7,15H,3-4,10H2,1-2H3,(H,11,12)(H,13,14). The molecule has 0 aliphatic heterocycles. The van der Waals surface area contributed by atoms with E-state index in [0.717, 1.165) is 6.42 Å². The van der Waals surface area contributed by atoms with Crippen molar-refractivity contribution in [3.05, 3.63) is 0 Å². The van der Waals surface area contributed by atoms with Gasteiger partial charge in [-0.1, -0.05) is 20.3 Å². The van der Waals surface area contributed by atoms with Gasteiger partial charge in [-0.3, -0.25) is 4.79 Å². The molecule has 0 bridgehead atoms. The lowest BCUT2D eigenvalue weighted by Gasteiger charge is -2.20. The van der Waals surface area contributed by atoms with Gasteiger partial charge in [0.2, 0.25) is 5.91 Å². The van der Waals surface area contributed by atoms with Crippen LogP contribution in [-0.4, -0.2) is 34.8 Å².